The Kier molecular flexibility index (Phi) is 3.89. The van der Waals surface area contributed by atoms with E-state index in [-0.39, 0.29) is 16.9 Å². The summed E-state index contributed by atoms with van der Waals surface area (Å²) in [6.45, 7) is 5.20. The summed E-state index contributed by atoms with van der Waals surface area (Å²) in [5.41, 5.74) is -0.204. The smallest absolute Gasteiger partial charge is 0.418 e. The quantitative estimate of drug-likeness (QED) is 0.805. The SMILES string of the molecule is CC(C)(C)OC(=O)n1cc(C(=O)O)c2c1CCCCC2=O. The van der Waals surface area contributed by atoms with Crippen molar-refractivity contribution in [2.75, 3.05) is 0 Å². The van der Waals surface area contributed by atoms with Gasteiger partial charge in [-0.2, -0.15) is 0 Å². The maximum atomic E-state index is 12.2. The summed E-state index contributed by atoms with van der Waals surface area (Å²) in [4.78, 5) is 35.7. The van der Waals surface area contributed by atoms with Gasteiger partial charge in [0.25, 0.3) is 0 Å². The summed E-state index contributed by atoms with van der Waals surface area (Å²) >= 11 is 0. The molecule has 1 aromatic heterocycles. The van der Waals surface area contributed by atoms with Crippen LogP contribution >= 0.6 is 0 Å². The van der Waals surface area contributed by atoms with Crippen LogP contribution in [0.5, 0.6) is 0 Å². The van der Waals surface area contributed by atoms with Gasteiger partial charge in [-0.05, 0) is 40.0 Å². The van der Waals surface area contributed by atoms with Gasteiger partial charge in [0.15, 0.2) is 5.78 Å². The van der Waals surface area contributed by atoms with Crippen molar-refractivity contribution in [2.45, 2.75) is 52.1 Å². The van der Waals surface area contributed by atoms with Crippen LogP contribution in [-0.4, -0.2) is 33.1 Å². The highest BCUT2D eigenvalue weighted by Crippen LogP contribution is 2.27. The zero-order valence-corrected chi connectivity index (χ0v) is 12.4. The molecule has 0 bridgehead atoms. The van der Waals surface area contributed by atoms with E-state index < -0.39 is 17.7 Å². The maximum absolute atomic E-state index is 12.2. The van der Waals surface area contributed by atoms with Crippen molar-refractivity contribution in [1.82, 2.24) is 4.57 Å². The molecular weight excluding hydrogens is 274 g/mol. The van der Waals surface area contributed by atoms with Gasteiger partial charge in [-0.25, -0.2) is 9.59 Å². The fraction of sp³-hybridized carbons (Fsp3) is 0.533. The molecule has 2 rings (SSSR count). The molecule has 0 aliphatic heterocycles. The molecule has 1 aromatic rings. The topological polar surface area (TPSA) is 85.6 Å². The first-order valence-electron chi connectivity index (χ1n) is 6.95. The van der Waals surface area contributed by atoms with Gasteiger partial charge in [0.05, 0.1) is 11.1 Å². The number of Topliss-reactive ketones (excluding diaryl/α,β-unsaturated/α-hetero) is 1. The highest BCUT2D eigenvalue weighted by atomic mass is 16.6. The first-order chi connectivity index (χ1) is 9.70. The highest BCUT2D eigenvalue weighted by molar-refractivity contribution is 6.08. The molecule has 0 spiro atoms. The van der Waals surface area contributed by atoms with E-state index in [0.29, 0.717) is 25.0 Å². The number of carbonyl (C=O) groups is 3. The van der Waals surface area contributed by atoms with Gasteiger partial charge in [0, 0.05) is 18.3 Å². The summed E-state index contributed by atoms with van der Waals surface area (Å²) in [6.07, 6.45) is 2.79. The van der Waals surface area contributed by atoms with Gasteiger partial charge in [0.2, 0.25) is 0 Å². The molecule has 0 unspecified atom stereocenters. The van der Waals surface area contributed by atoms with Crippen LogP contribution in [0.4, 0.5) is 4.79 Å². The van der Waals surface area contributed by atoms with Crippen molar-refractivity contribution in [1.29, 1.82) is 0 Å². The lowest BCUT2D eigenvalue weighted by Gasteiger charge is -2.20. The van der Waals surface area contributed by atoms with Crippen molar-refractivity contribution < 1.29 is 24.2 Å². The molecule has 0 saturated heterocycles. The van der Waals surface area contributed by atoms with Gasteiger partial charge < -0.3 is 9.84 Å². The van der Waals surface area contributed by atoms with E-state index in [1.165, 1.54) is 10.8 Å². The van der Waals surface area contributed by atoms with Gasteiger partial charge >= 0.3 is 12.1 Å². The molecule has 0 saturated carbocycles. The number of ketones is 1. The molecule has 0 aromatic carbocycles. The lowest BCUT2D eigenvalue weighted by molar-refractivity contribution is 0.0533. The number of nitrogens with zero attached hydrogens (tertiary/aromatic N) is 1. The lowest BCUT2D eigenvalue weighted by atomic mass is 10.1. The second-order valence-electron chi connectivity index (χ2n) is 6.15. The monoisotopic (exact) mass is 293 g/mol. The second kappa shape index (κ2) is 5.35. The lowest BCUT2D eigenvalue weighted by Crippen LogP contribution is -2.27. The summed E-state index contributed by atoms with van der Waals surface area (Å²) in [7, 11) is 0. The van der Waals surface area contributed by atoms with Crippen molar-refractivity contribution in [2.24, 2.45) is 0 Å². The van der Waals surface area contributed by atoms with Gasteiger partial charge in [-0.3, -0.25) is 9.36 Å². The average Bonchev–Trinajstić information content (AvgIpc) is 2.62. The molecule has 21 heavy (non-hydrogen) atoms. The minimum Gasteiger partial charge on any atom is -0.478 e. The molecule has 6 heteroatoms. The van der Waals surface area contributed by atoms with Crippen LogP contribution in [0.3, 0.4) is 0 Å². The Morgan fingerprint density at radius 3 is 2.43 bits per heavy atom. The van der Waals surface area contributed by atoms with Crippen molar-refractivity contribution >= 4 is 17.8 Å². The van der Waals surface area contributed by atoms with Crippen LogP contribution in [0.15, 0.2) is 6.20 Å². The van der Waals surface area contributed by atoms with Gasteiger partial charge in [-0.1, -0.05) is 0 Å². The predicted molar refractivity (Wildman–Crippen MR) is 74.9 cm³/mol. The molecule has 0 amide bonds. The molecular formula is C15H19NO5. The average molecular weight is 293 g/mol. The Labute approximate surface area is 122 Å². The highest BCUT2D eigenvalue weighted by Gasteiger charge is 2.30. The Balaban J connectivity index is 2.53. The number of rotatable bonds is 1. The van der Waals surface area contributed by atoms with Gasteiger partial charge in [-0.15, -0.1) is 0 Å². The molecule has 0 fully saturated rings. The normalized spacial score (nSPS) is 15.3. The Morgan fingerprint density at radius 2 is 1.86 bits per heavy atom. The third-order valence-corrected chi connectivity index (χ3v) is 3.27. The van der Waals surface area contributed by atoms with Crippen LogP contribution < -0.4 is 0 Å². The first-order valence-corrected chi connectivity index (χ1v) is 6.95. The molecule has 0 atom stereocenters. The fourth-order valence-electron chi connectivity index (χ4n) is 2.44. The fourth-order valence-corrected chi connectivity index (χ4v) is 2.44. The minimum absolute atomic E-state index is 0.122. The third-order valence-electron chi connectivity index (χ3n) is 3.27. The van der Waals surface area contributed by atoms with E-state index >= 15 is 0 Å². The number of carbonyl (C=O) groups excluding carboxylic acids is 2. The molecule has 0 radical (unpaired) electrons. The second-order valence-corrected chi connectivity index (χ2v) is 6.15. The number of aromatic nitrogens is 1. The summed E-state index contributed by atoms with van der Waals surface area (Å²) in [5.74, 6) is -1.42. The Bertz CT molecular complexity index is 606. The zero-order valence-electron chi connectivity index (χ0n) is 12.4. The van der Waals surface area contributed by atoms with Crippen molar-refractivity contribution in [3.8, 4) is 0 Å². The van der Waals surface area contributed by atoms with E-state index in [1.807, 2.05) is 0 Å². The van der Waals surface area contributed by atoms with Crippen LogP contribution in [0.2, 0.25) is 0 Å². The van der Waals surface area contributed by atoms with E-state index in [9.17, 15) is 19.5 Å². The number of ether oxygens (including phenoxy) is 1. The number of carboxylic acid groups (broad SMARTS) is 1. The molecule has 1 N–H and O–H groups in total. The molecule has 1 heterocycles. The molecule has 1 aliphatic rings. The molecule has 1 aliphatic carbocycles. The van der Waals surface area contributed by atoms with E-state index in [1.54, 1.807) is 20.8 Å². The standard InChI is InChI=1S/C15H19NO5/c1-15(2,3)21-14(20)16-8-9(13(18)19)12-10(16)6-4-5-7-11(12)17/h8H,4-7H2,1-3H3,(H,18,19). The zero-order chi connectivity index (χ0) is 15.8. The number of fused-ring (bicyclic) bond motifs is 1. The summed E-state index contributed by atoms with van der Waals surface area (Å²) < 4.78 is 6.45. The van der Waals surface area contributed by atoms with E-state index in [2.05, 4.69) is 0 Å². The Hall–Kier alpha value is -2.11. The predicted octanol–water partition coefficient (Wildman–Crippen LogP) is 2.88. The number of hydrogen-bond acceptors (Lipinski definition) is 4. The Morgan fingerprint density at radius 1 is 1.24 bits per heavy atom. The van der Waals surface area contributed by atoms with Crippen molar-refractivity contribution in [3.63, 3.8) is 0 Å². The third kappa shape index (κ3) is 3.15. The maximum Gasteiger partial charge on any atom is 0.418 e. The van der Waals surface area contributed by atoms with Crippen LogP contribution in [0, 0.1) is 0 Å². The van der Waals surface area contributed by atoms with Crippen LogP contribution in [0.1, 0.15) is 66.4 Å². The van der Waals surface area contributed by atoms with Gasteiger partial charge in [0.1, 0.15) is 5.60 Å². The van der Waals surface area contributed by atoms with E-state index in [4.69, 9.17) is 4.74 Å². The number of hydrogen-bond donors (Lipinski definition) is 1. The molecule has 114 valence electrons. The number of carboxylic acids is 1. The van der Waals surface area contributed by atoms with Crippen LogP contribution in [-0.2, 0) is 11.2 Å². The minimum atomic E-state index is -1.20. The summed E-state index contributed by atoms with van der Waals surface area (Å²) in [5, 5.41) is 9.26. The van der Waals surface area contributed by atoms with E-state index in [0.717, 1.165) is 6.42 Å². The summed E-state index contributed by atoms with van der Waals surface area (Å²) in [6, 6.07) is 0. The first kappa shape index (κ1) is 15.3. The van der Waals surface area contributed by atoms with Crippen molar-refractivity contribution in [3.05, 3.63) is 23.0 Å². The number of aromatic carboxylic acids is 1. The van der Waals surface area contributed by atoms with Crippen LogP contribution in [0.25, 0.3) is 0 Å². The molecule has 6 nitrogen and oxygen atoms in total. The largest absolute Gasteiger partial charge is 0.478 e.